The lowest BCUT2D eigenvalue weighted by Gasteiger charge is -2.33. The van der Waals surface area contributed by atoms with Gasteiger partial charge in [-0.15, -0.1) is 0 Å². The number of carbonyl (C=O) groups is 2. The van der Waals surface area contributed by atoms with E-state index in [1.165, 1.54) is 4.90 Å². The van der Waals surface area contributed by atoms with Crippen LogP contribution in [0.15, 0.2) is 78.9 Å². The maximum atomic E-state index is 13.9. The van der Waals surface area contributed by atoms with Crippen molar-refractivity contribution in [2.24, 2.45) is 0 Å². The molecule has 0 unspecified atom stereocenters. The van der Waals surface area contributed by atoms with Crippen LogP contribution in [0.25, 0.3) is 0 Å². The summed E-state index contributed by atoms with van der Waals surface area (Å²) in [6.45, 7) is 3.58. The van der Waals surface area contributed by atoms with E-state index in [4.69, 9.17) is 11.6 Å². The molecule has 37 heavy (non-hydrogen) atoms. The summed E-state index contributed by atoms with van der Waals surface area (Å²) in [5.74, 6) is -0.804. The van der Waals surface area contributed by atoms with E-state index in [0.29, 0.717) is 22.8 Å². The Bertz CT molecular complexity index is 1320. The second kappa shape index (κ2) is 12.7. The van der Waals surface area contributed by atoms with E-state index in [1.54, 1.807) is 25.1 Å². The van der Waals surface area contributed by atoms with Crippen LogP contribution in [0.1, 0.15) is 23.6 Å². The average molecular weight is 542 g/mol. The van der Waals surface area contributed by atoms with Crippen LogP contribution in [0.4, 0.5) is 5.69 Å². The molecule has 1 N–H and O–H groups in total. The number of amides is 2. The van der Waals surface area contributed by atoms with Crippen LogP contribution < -0.4 is 9.62 Å². The number of sulfonamides is 1. The van der Waals surface area contributed by atoms with Crippen molar-refractivity contribution >= 4 is 39.1 Å². The monoisotopic (exact) mass is 541 g/mol. The Hall–Kier alpha value is -3.36. The van der Waals surface area contributed by atoms with Crippen molar-refractivity contribution in [3.05, 3.63) is 101 Å². The third kappa shape index (κ3) is 7.57. The molecule has 0 fully saturated rings. The zero-order valence-electron chi connectivity index (χ0n) is 21.2. The second-order valence-corrected chi connectivity index (χ2v) is 11.1. The summed E-state index contributed by atoms with van der Waals surface area (Å²) in [7, 11) is -3.85. The predicted molar refractivity (Wildman–Crippen MR) is 148 cm³/mol. The number of hydrogen-bond donors (Lipinski definition) is 1. The van der Waals surface area contributed by atoms with Gasteiger partial charge in [0.2, 0.25) is 21.8 Å². The Balaban J connectivity index is 2.05. The van der Waals surface area contributed by atoms with E-state index in [9.17, 15) is 18.0 Å². The molecule has 0 aliphatic rings. The zero-order valence-corrected chi connectivity index (χ0v) is 22.8. The van der Waals surface area contributed by atoms with Gasteiger partial charge in [-0.25, -0.2) is 8.42 Å². The minimum Gasteiger partial charge on any atom is -0.355 e. The van der Waals surface area contributed by atoms with Gasteiger partial charge in [0.15, 0.2) is 0 Å². The van der Waals surface area contributed by atoms with Gasteiger partial charge in [-0.2, -0.15) is 0 Å². The second-order valence-electron chi connectivity index (χ2n) is 8.76. The summed E-state index contributed by atoms with van der Waals surface area (Å²) in [4.78, 5) is 28.7. The highest BCUT2D eigenvalue weighted by Gasteiger charge is 2.33. The van der Waals surface area contributed by atoms with Crippen LogP contribution in [0, 0.1) is 6.92 Å². The fourth-order valence-corrected chi connectivity index (χ4v) is 5.16. The maximum Gasteiger partial charge on any atom is 0.244 e. The minimum absolute atomic E-state index is 0.139. The van der Waals surface area contributed by atoms with Crippen molar-refractivity contribution in [2.75, 3.05) is 23.7 Å². The fraction of sp³-hybridized carbons (Fsp3) is 0.286. The molecule has 3 rings (SSSR count). The summed E-state index contributed by atoms with van der Waals surface area (Å²) in [5.41, 5.74) is 2.57. The molecule has 3 aromatic carbocycles. The van der Waals surface area contributed by atoms with E-state index < -0.39 is 28.5 Å². The lowest BCUT2D eigenvalue weighted by atomic mass is 10.0. The number of likely N-dealkylation sites (N-methyl/N-ethyl adjacent to an activating group) is 1. The molecule has 0 saturated carbocycles. The first-order chi connectivity index (χ1) is 17.6. The van der Waals surface area contributed by atoms with Gasteiger partial charge in [0.1, 0.15) is 12.6 Å². The van der Waals surface area contributed by atoms with Crippen molar-refractivity contribution in [1.29, 1.82) is 0 Å². The minimum atomic E-state index is -3.85. The number of carbonyl (C=O) groups excluding carboxylic acids is 2. The van der Waals surface area contributed by atoms with Gasteiger partial charge in [-0.3, -0.25) is 13.9 Å². The Morgan fingerprint density at radius 3 is 2.08 bits per heavy atom. The van der Waals surface area contributed by atoms with Gasteiger partial charge in [-0.1, -0.05) is 78.3 Å². The molecular formula is C28H32ClN3O4S. The molecule has 0 heterocycles. The lowest BCUT2D eigenvalue weighted by molar-refractivity contribution is -0.140. The van der Waals surface area contributed by atoms with Crippen LogP contribution in [0.3, 0.4) is 0 Å². The topological polar surface area (TPSA) is 86.8 Å². The Morgan fingerprint density at radius 1 is 0.919 bits per heavy atom. The molecule has 0 aliphatic heterocycles. The predicted octanol–water partition coefficient (Wildman–Crippen LogP) is 4.19. The van der Waals surface area contributed by atoms with E-state index >= 15 is 0 Å². The zero-order chi connectivity index (χ0) is 27.0. The van der Waals surface area contributed by atoms with E-state index in [0.717, 1.165) is 21.7 Å². The molecule has 2 amide bonds. The summed E-state index contributed by atoms with van der Waals surface area (Å²) in [6, 6.07) is 22.8. The van der Waals surface area contributed by atoms with E-state index in [-0.39, 0.29) is 18.9 Å². The summed E-state index contributed by atoms with van der Waals surface area (Å²) in [6.07, 6.45) is 1.33. The number of hydrogen-bond acceptors (Lipinski definition) is 4. The Morgan fingerprint density at radius 2 is 1.51 bits per heavy atom. The number of nitrogens with zero attached hydrogens (tertiary/aromatic N) is 2. The quantitative estimate of drug-likeness (QED) is 0.394. The van der Waals surface area contributed by atoms with Gasteiger partial charge < -0.3 is 10.2 Å². The normalized spacial score (nSPS) is 12.0. The fourth-order valence-electron chi connectivity index (χ4n) is 4.09. The van der Waals surface area contributed by atoms with E-state index in [1.807, 2.05) is 67.6 Å². The first-order valence-electron chi connectivity index (χ1n) is 12.0. The molecule has 9 heteroatoms. The largest absolute Gasteiger partial charge is 0.355 e. The molecule has 0 spiro atoms. The third-order valence-electron chi connectivity index (χ3n) is 6.00. The number of rotatable bonds is 11. The van der Waals surface area contributed by atoms with Crippen molar-refractivity contribution in [3.8, 4) is 0 Å². The van der Waals surface area contributed by atoms with Crippen LogP contribution in [-0.2, 0) is 32.6 Å². The molecule has 0 aromatic heterocycles. The average Bonchev–Trinajstić information content (AvgIpc) is 2.87. The van der Waals surface area contributed by atoms with E-state index in [2.05, 4.69) is 5.32 Å². The van der Waals surface area contributed by atoms with Crippen LogP contribution >= 0.6 is 11.6 Å². The highest BCUT2D eigenvalue weighted by Crippen LogP contribution is 2.28. The third-order valence-corrected chi connectivity index (χ3v) is 7.54. The van der Waals surface area contributed by atoms with Crippen molar-refractivity contribution < 1.29 is 18.0 Å². The highest BCUT2D eigenvalue weighted by molar-refractivity contribution is 7.92. The first-order valence-corrected chi connectivity index (χ1v) is 14.2. The van der Waals surface area contributed by atoms with Crippen molar-refractivity contribution in [3.63, 3.8) is 0 Å². The van der Waals surface area contributed by atoms with Crippen LogP contribution in [0.5, 0.6) is 0 Å². The Labute approximate surface area is 224 Å². The molecule has 196 valence electrons. The van der Waals surface area contributed by atoms with Gasteiger partial charge in [0.05, 0.1) is 11.9 Å². The van der Waals surface area contributed by atoms with Crippen LogP contribution in [0.2, 0.25) is 5.02 Å². The molecule has 0 aliphatic carbocycles. The number of anilines is 1. The van der Waals surface area contributed by atoms with Crippen molar-refractivity contribution in [2.45, 2.75) is 32.9 Å². The smallest absolute Gasteiger partial charge is 0.244 e. The van der Waals surface area contributed by atoms with Gasteiger partial charge in [0, 0.05) is 24.5 Å². The molecule has 0 radical (unpaired) electrons. The lowest BCUT2D eigenvalue weighted by Crippen LogP contribution is -2.53. The first kappa shape index (κ1) is 28.2. The van der Waals surface area contributed by atoms with Gasteiger partial charge in [-0.05, 0) is 42.7 Å². The van der Waals surface area contributed by atoms with Crippen LogP contribution in [-0.4, -0.2) is 50.5 Å². The molecule has 3 aromatic rings. The Kier molecular flexibility index (Phi) is 9.72. The number of benzene rings is 3. The number of nitrogens with one attached hydrogen (secondary N) is 1. The molecule has 0 saturated heterocycles. The summed E-state index contributed by atoms with van der Waals surface area (Å²) in [5, 5.41) is 3.23. The standard InChI is InChI=1S/C28H32ClN3O4S/c1-4-30-28(34)26(18-22-12-7-5-8-13-22)31(19-23-14-9-6-10-15-23)27(33)20-32(37(3,35)36)25-17-11-16-24(29)21(25)2/h5-17,26H,4,18-20H2,1-3H3,(H,30,34)/t26-/m1/s1. The molecule has 0 bridgehead atoms. The highest BCUT2D eigenvalue weighted by atomic mass is 35.5. The number of halogens is 1. The SMILES string of the molecule is CCNC(=O)[C@@H](Cc1ccccc1)N(Cc1ccccc1)C(=O)CN(c1cccc(Cl)c1C)S(C)(=O)=O. The summed E-state index contributed by atoms with van der Waals surface area (Å²) >= 11 is 6.26. The molecular weight excluding hydrogens is 510 g/mol. The molecule has 7 nitrogen and oxygen atoms in total. The van der Waals surface area contributed by atoms with Gasteiger partial charge in [0.25, 0.3) is 0 Å². The maximum absolute atomic E-state index is 13.9. The molecule has 1 atom stereocenters. The van der Waals surface area contributed by atoms with Gasteiger partial charge >= 0.3 is 0 Å². The van der Waals surface area contributed by atoms with Crippen molar-refractivity contribution in [1.82, 2.24) is 10.2 Å². The summed E-state index contributed by atoms with van der Waals surface area (Å²) < 4.78 is 26.7.